The van der Waals surface area contributed by atoms with Crippen LogP contribution in [-0.4, -0.2) is 30.9 Å². The monoisotopic (exact) mass is 234 g/mol. The Kier molecular flexibility index (Phi) is 5.70. The highest BCUT2D eigenvalue weighted by atomic mass is 16.2. The first-order valence-corrected chi connectivity index (χ1v) is 6.18. The first kappa shape index (κ1) is 13.7. The molecule has 0 aliphatic rings. The lowest BCUT2D eigenvalue weighted by molar-refractivity contribution is -0.130. The first-order valence-electron chi connectivity index (χ1n) is 6.18. The number of nitrogens with one attached hydrogen (secondary N) is 1. The third-order valence-corrected chi connectivity index (χ3v) is 2.96. The van der Waals surface area contributed by atoms with E-state index in [9.17, 15) is 4.79 Å². The van der Waals surface area contributed by atoms with Crippen molar-refractivity contribution in [1.29, 1.82) is 0 Å². The normalized spacial score (nSPS) is 12.2. The predicted octanol–water partition coefficient (Wildman–Crippen LogP) is 2.21. The summed E-state index contributed by atoms with van der Waals surface area (Å²) in [7, 11) is 1.85. The first-order chi connectivity index (χ1) is 8.16. The molecule has 0 aromatic heterocycles. The van der Waals surface area contributed by atoms with E-state index in [0.29, 0.717) is 6.54 Å². The van der Waals surface area contributed by atoms with E-state index in [0.717, 1.165) is 13.0 Å². The van der Waals surface area contributed by atoms with Crippen molar-refractivity contribution in [2.45, 2.75) is 26.3 Å². The lowest BCUT2D eigenvalue weighted by atomic mass is 10.1. The Balaban J connectivity index is 2.51. The van der Waals surface area contributed by atoms with Gasteiger partial charge in [-0.25, -0.2) is 0 Å². The zero-order chi connectivity index (χ0) is 12.7. The van der Waals surface area contributed by atoms with Crippen LogP contribution < -0.4 is 5.32 Å². The number of carbonyl (C=O) groups is 1. The fraction of sp³-hybridized carbons (Fsp3) is 0.500. The number of nitrogens with zero attached hydrogens (tertiary/aromatic N) is 1. The van der Waals surface area contributed by atoms with Crippen molar-refractivity contribution in [3.8, 4) is 0 Å². The molecule has 0 saturated carbocycles. The maximum atomic E-state index is 11.9. The van der Waals surface area contributed by atoms with Crippen LogP contribution in [0.3, 0.4) is 0 Å². The summed E-state index contributed by atoms with van der Waals surface area (Å²) >= 11 is 0. The van der Waals surface area contributed by atoms with Crippen molar-refractivity contribution in [2.24, 2.45) is 0 Å². The molecule has 1 unspecified atom stereocenters. The Morgan fingerprint density at radius 1 is 1.35 bits per heavy atom. The largest absolute Gasteiger partial charge is 0.338 e. The van der Waals surface area contributed by atoms with Crippen molar-refractivity contribution in [3.05, 3.63) is 35.9 Å². The number of hydrogen-bond donors (Lipinski definition) is 1. The summed E-state index contributed by atoms with van der Waals surface area (Å²) in [6.07, 6.45) is 1.05. The summed E-state index contributed by atoms with van der Waals surface area (Å²) in [5, 5.41) is 3.13. The quantitative estimate of drug-likeness (QED) is 0.765. The molecule has 0 heterocycles. The van der Waals surface area contributed by atoms with Crippen LogP contribution in [0.15, 0.2) is 30.3 Å². The Morgan fingerprint density at radius 3 is 2.59 bits per heavy atom. The van der Waals surface area contributed by atoms with Gasteiger partial charge in [0.15, 0.2) is 0 Å². The number of amides is 1. The second-order valence-corrected chi connectivity index (χ2v) is 4.27. The van der Waals surface area contributed by atoms with Gasteiger partial charge in [0.25, 0.3) is 0 Å². The SMILES string of the molecule is CCCNCC(=O)N(C)C(C)c1ccccc1. The molecule has 3 heteroatoms. The summed E-state index contributed by atoms with van der Waals surface area (Å²) in [5.74, 6) is 0.134. The molecule has 1 aromatic carbocycles. The predicted molar refractivity (Wildman–Crippen MR) is 70.8 cm³/mol. The summed E-state index contributed by atoms with van der Waals surface area (Å²) in [4.78, 5) is 13.7. The fourth-order valence-electron chi connectivity index (χ4n) is 1.67. The highest BCUT2D eigenvalue weighted by Gasteiger charge is 2.16. The Hall–Kier alpha value is -1.35. The molecule has 0 aliphatic heterocycles. The molecular formula is C14H22N2O. The van der Waals surface area contributed by atoms with Gasteiger partial charge in [-0.2, -0.15) is 0 Å². The lowest BCUT2D eigenvalue weighted by Crippen LogP contribution is -2.37. The topological polar surface area (TPSA) is 32.3 Å². The minimum atomic E-state index is 0.118. The molecular weight excluding hydrogens is 212 g/mol. The van der Waals surface area contributed by atoms with Crippen LogP contribution in [-0.2, 0) is 4.79 Å². The van der Waals surface area contributed by atoms with Gasteiger partial charge in [-0.3, -0.25) is 4.79 Å². The van der Waals surface area contributed by atoms with Gasteiger partial charge in [-0.05, 0) is 25.5 Å². The van der Waals surface area contributed by atoms with E-state index in [1.54, 1.807) is 4.90 Å². The summed E-state index contributed by atoms with van der Waals surface area (Å²) in [6.45, 7) is 5.45. The lowest BCUT2D eigenvalue weighted by Gasteiger charge is -2.25. The highest BCUT2D eigenvalue weighted by molar-refractivity contribution is 5.78. The molecule has 0 saturated heterocycles. The Morgan fingerprint density at radius 2 is 2.00 bits per heavy atom. The smallest absolute Gasteiger partial charge is 0.236 e. The van der Waals surface area contributed by atoms with Crippen LogP contribution in [0, 0.1) is 0 Å². The minimum Gasteiger partial charge on any atom is -0.338 e. The van der Waals surface area contributed by atoms with Crippen molar-refractivity contribution in [2.75, 3.05) is 20.1 Å². The number of hydrogen-bond acceptors (Lipinski definition) is 2. The number of likely N-dealkylation sites (N-methyl/N-ethyl adjacent to an activating group) is 1. The zero-order valence-corrected chi connectivity index (χ0v) is 10.9. The molecule has 17 heavy (non-hydrogen) atoms. The van der Waals surface area contributed by atoms with E-state index in [1.807, 2.05) is 44.3 Å². The van der Waals surface area contributed by atoms with Crippen LogP contribution in [0.2, 0.25) is 0 Å². The second kappa shape index (κ2) is 7.07. The van der Waals surface area contributed by atoms with Crippen molar-refractivity contribution in [3.63, 3.8) is 0 Å². The van der Waals surface area contributed by atoms with Crippen LogP contribution in [0.25, 0.3) is 0 Å². The fourth-order valence-corrected chi connectivity index (χ4v) is 1.67. The maximum Gasteiger partial charge on any atom is 0.236 e. The number of benzene rings is 1. The molecule has 0 aliphatic carbocycles. The molecule has 1 amide bonds. The van der Waals surface area contributed by atoms with E-state index >= 15 is 0 Å². The van der Waals surface area contributed by atoms with Crippen molar-refractivity contribution >= 4 is 5.91 Å². The maximum absolute atomic E-state index is 11.9. The van der Waals surface area contributed by atoms with Gasteiger partial charge in [0.1, 0.15) is 0 Å². The summed E-state index contributed by atoms with van der Waals surface area (Å²) in [6, 6.07) is 10.2. The van der Waals surface area contributed by atoms with Gasteiger partial charge in [-0.15, -0.1) is 0 Å². The standard InChI is InChI=1S/C14H22N2O/c1-4-10-15-11-14(17)16(3)12(2)13-8-6-5-7-9-13/h5-9,12,15H,4,10-11H2,1-3H3. The van der Waals surface area contributed by atoms with Crippen molar-refractivity contribution < 1.29 is 4.79 Å². The molecule has 0 spiro atoms. The van der Waals surface area contributed by atoms with Gasteiger partial charge in [0, 0.05) is 7.05 Å². The van der Waals surface area contributed by atoms with E-state index < -0.39 is 0 Å². The summed E-state index contributed by atoms with van der Waals surface area (Å²) in [5.41, 5.74) is 1.17. The van der Waals surface area contributed by atoms with Crippen LogP contribution >= 0.6 is 0 Å². The third-order valence-electron chi connectivity index (χ3n) is 2.96. The van der Waals surface area contributed by atoms with Crippen LogP contribution in [0.1, 0.15) is 31.9 Å². The molecule has 1 aromatic rings. The average molecular weight is 234 g/mol. The molecule has 0 fully saturated rings. The molecule has 1 N–H and O–H groups in total. The van der Waals surface area contributed by atoms with Crippen LogP contribution in [0.5, 0.6) is 0 Å². The molecule has 0 radical (unpaired) electrons. The molecule has 1 rings (SSSR count). The molecule has 0 bridgehead atoms. The van der Waals surface area contributed by atoms with Gasteiger partial charge in [0.2, 0.25) is 5.91 Å². The van der Waals surface area contributed by atoms with Gasteiger partial charge in [0.05, 0.1) is 12.6 Å². The van der Waals surface area contributed by atoms with E-state index in [2.05, 4.69) is 12.2 Å². The van der Waals surface area contributed by atoms with Gasteiger partial charge < -0.3 is 10.2 Å². The minimum absolute atomic E-state index is 0.118. The molecule has 3 nitrogen and oxygen atoms in total. The number of carbonyl (C=O) groups excluding carboxylic acids is 1. The van der Waals surface area contributed by atoms with Gasteiger partial charge >= 0.3 is 0 Å². The Labute approximate surface area is 104 Å². The highest BCUT2D eigenvalue weighted by Crippen LogP contribution is 2.17. The van der Waals surface area contributed by atoms with E-state index in [1.165, 1.54) is 5.56 Å². The second-order valence-electron chi connectivity index (χ2n) is 4.27. The summed E-state index contributed by atoms with van der Waals surface area (Å²) < 4.78 is 0. The molecule has 1 atom stereocenters. The third kappa shape index (κ3) is 4.19. The zero-order valence-electron chi connectivity index (χ0n) is 10.9. The van der Waals surface area contributed by atoms with Crippen molar-refractivity contribution in [1.82, 2.24) is 10.2 Å². The molecule has 94 valence electrons. The van der Waals surface area contributed by atoms with Crippen LogP contribution in [0.4, 0.5) is 0 Å². The Bertz CT molecular complexity index is 337. The van der Waals surface area contributed by atoms with Gasteiger partial charge in [-0.1, -0.05) is 37.3 Å². The van der Waals surface area contributed by atoms with E-state index in [4.69, 9.17) is 0 Å². The van der Waals surface area contributed by atoms with E-state index in [-0.39, 0.29) is 11.9 Å². The average Bonchev–Trinajstić information content (AvgIpc) is 2.38. The number of rotatable bonds is 6.